The van der Waals surface area contributed by atoms with E-state index in [1.807, 2.05) is 31.1 Å². The average Bonchev–Trinajstić information content (AvgIpc) is 3.21. The molecule has 7 nitrogen and oxygen atoms in total. The minimum atomic E-state index is 0.429. The van der Waals surface area contributed by atoms with Gasteiger partial charge in [-0.3, -0.25) is 4.79 Å². The Kier molecular flexibility index (Phi) is 9.23. The lowest BCUT2D eigenvalue weighted by Crippen LogP contribution is -2.33. The largest absolute Gasteiger partial charge is 0.385 e. The smallest absolute Gasteiger partial charge is 0.214 e. The van der Waals surface area contributed by atoms with Gasteiger partial charge in [0, 0.05) is 38.3 Å². The molecule has 1 unspecified atom stereocenters. The van der Waals surface area contributed by atoms with Gasteiger partial charge in [-0.05, 0) is 38.4 Å². The van der Waals surface area contributed by atoms with Crippen molar-refractivity contribution in [3.05, 3.63) is 18.5 Å². The van der Waals surface area contributed by atoms with Gasteiger partial charge in [-0.25, -0.2) is 4.98 Å². The van der Waals surface area contributed by atoms with E-state index in [1.165, 1.54) is 0 Å². The zero-order chi connectivity index (χ0) is 20.4. The van der Waals surface area contributed by atoms with E-state index in [0.717, 1.165) is 74.5 Å². The molecule has 0 aliphatic heterocycles. The Balaban J connectivity index is 2.08. The summed E-state index contributed by atoms with van der Waals surface area (Å²) in [4.78, 5) is 23.8. The maximum absolute atomic E-state index is 12.0. The fourth-order valence-electron chi connectivity index (χ4n) is 3.51. The predicted octanol–water partition coefficient (Wildman–Crippen LogP) is 3.34. The predicted molar refractivity (Wildman–Crippen MR) is 116 cm³/mol. The highest BCUT2D eigenvalue weighted by molar-refractivity contribution is 6.01. The Morgan fingerprint density at radius 3 is 2.79 bits per heavy atom. The van der Waals surface area contributed by atoms with Crippen LogP contribution in [0.2, 0.25) is 0 Å². The van der Waals surface area contributed by atoms with Crippen LogP contribution in [0.15, 0.2) is 18.5 Å². The number of aromatic amines is 1. The van der Waals surface area contributed by atoms with E-state index in [2.05, 4.69) is 34.0 Å². The van der Waals surface area contributed by atoms with Crippen LogP contribution in [0.1, 0.15) is 33.6 Å². The van der Waals surface area contributed by atoms with Crippen LogP contribution in [-0.2, 0) is 9.53 Å². The van der Waals surface area contributed by atoms with Crippen LogP contribution in [0.5, 0.6) is 0 Å². The number of fused-ring (bicyclic) bond motifs is 1. The fraction of sp³-hybridized carbons (Fsp3) is 0.619. The van der Waals surface area contributed by atoms with Crippen molar-refractivity contribution in [3.8, 4) is 0 Å². The van der Waals surface area contributed by atoms with Gasteiger partial charge < -0.3 is 24.8 Å². The number of aromatic nitrogens is 2. The summed E-state index contributed by atoms with van der Waals surface area (Å²) in [5, 5.41) is 4.13. The van der Waals surface area contributed by atoms with Gasteiger partial charge >= 0.3 is 0 Å². The number of amides is 1. The zero-order valence-electron chi connectivity index (χ0n) is 17.7. The van der Waals surface area contributed by atoms with Crippen molar-refractivity contribution in [2.75, 3.05) is 56.7 Å². The average molecular weight is 390 g/mol. The summed E-state index contributed by atoms with van der Waals surface area (Å²) in [7, 11) is 1.86. The van der Waals surface area contributed by atoms with Crippen LogP contribution < -0.4 is 10.2 Å². The van der Waals surface area contributed by atoms with E-state index in [0.29, 0.717) is 12.5 Å². The van der Waals surface area contributed by atoms with Crippen LogP contribution in [-0.4, -0.2) is 67.7 Å². The number of anilines is 2. The molecule has 0 fully saturated rings. The van der Waals surface area contributed by atoms with Gasteiger partial charge in [-0.2, -0.15) is 0 Å². The van der Waals surface area contributed by atoms with Crippen molar-refractivity contribution >= 4 is 28.8 Å². The molecular weight excluding hydrogens is 354 g/mol. The van der Waals surface area contributed by atoms with Crippen molar-refractivity contribution in [2.45, 2.75) is 33.6 Å². The van der Waals surface area contributed by atoms with E-state index in [1.54, 1.807) is 6.20 Å². The number of hydrogen-bond acceptors (Lipinski definition) is 5. The molecule has 0 aliphatic rings. The molecule has 2 heterocycles. The van der Waals surface area contributed by atoms with Crippen molar-refractivity contribution in [1.82, 2.24) is 14.9 Å². The van der Waals surface area contributed by atoms with Gasteiger partial charge in [-0.1, -0.05) is 20.3 Å². The highest BCUT2D eigenvalue weighted by atomic mass is 16.5. The molecule has 2 rings (SSSR count). The number of nitrogens with one attached hydrogen (secondary N) is 2. The van der Waals surface area contributed by atoms with Crippen LogP contribution in [0.25, 0.3) is 11.0 Å². The standard InChI is InChI=1S/C21H35N5O2/c1-5-17(9-11-25(6-2)12-13-28-7-3)15-26(16-27)20-18-8-10-23-21(18)24-14-19(20)22-4/h8,10,14,16-17,22H,5-7,9,11-13,15H2,1-4H3,(H,23,24). The quantitative estimate of drug-likeness (QED) is 0.383. The highest BCUT2D eigenvalue weighted by Crippen LogP contribution is 2.33. The zero-order valence-corrected chi connectivity index (χ0v) is 17.7. The maximum Gasteiger partial charge on any atom is 0.214 e. The molecule has 156 valence electrons. The van der Waals surface area contributed by atoms with Crippen molar-refractivity contribution in [3.63, 3.8) is 0 Å². The third-order valence-corrected chi connectivity index (χ3v) is 5.33. The summed E-state index contributed by atoms with van der Waals surface area (Å²) in [6.45, 7) is 11.6. The Labute approximate surface area is 168 Å². The number of H-pyrrole nitrogens is 1. The number of pyridine rings is 1. The van der Waals surface area contributed by atoms with Gasteiger partial charge in [0.25, 0.3) is 0 Å². The maximum atomic E-state index is 12.0. The lowest BCUT2D eigenvalue weighted by molar-refractivity contribution is -0.107. The lowest BCUT2D eigenvalue weighted by Gasteiger charge is -2.28. The first-order valence-electron chi connectivity index (χ1n) is 10.3. The highest BCUT2D eigenvalue weighted by Gasteiger charge is 2.20. The van der Waals surface area contributed by atoms with E-state index < -0.39 is 0 Å². The lowest BCUT2D eigenvalue weighted by atomic mass is 10.0. The molecule has 2 aromatic rings. The van der Waals surface area contributed by atoms with E-state index in [4.69, 9.17) is 4.74 Å². The molecule has 7 heteroatoms. The molecule has 0 saturated heterocycles. The second kappa shape index (κ2) is 11.7. The molecule has 0 radical (unpaired) electrons. The normalized spacial score (nSPS) is 12.5. The van der Waals surface area contributed by atoms with Crippen LogP contribution in [0, 0.1) is 5.92 Å². The Morgan fingerprint density at radius 1 is 1.32 bits per heavy atom. The van der Waals surface area contributed by atoms with E-state index in [-0.39, 0.29) is 0 Å². The summed E-state index contributed by atoms with van der Waals surface area (Å²) in [5.41, 5.74) is 2.55. The van der Waals surface area contributed by atoms with Crippen molar-refractivity contribution in [2.24, 2.45) is 5.92 Å². The topological polar surface area (TPSA) is 73.5 Å². The Morgan fingerprint density at radius 2 is 2.14 bits per heavy atom. The molecule has 2 N–H and O–H groups in total. The number of nitrogens with zero attached hydrogens (tertiary/aromatic N) is 3. The molecule has 1 amide bonds. The van der Waals surface area contributed by atoms with Gasteiger partial charge in [0.05, 0.1) is 24.2 Å². The molecule has 28 heavy (non-hydrogen) atoms. The van der Waals surface area contributed by atoms with Gasteiger partial charge in [0.2, 0.25) is 6.41 Å². The molecule has 0 aliphatic carbocycles. The third kappa shape index (κ3) is 5.69. The first-order valence-corrected chi connectivity index (χ1v) is 10.3. The number of rotatable bonds is 14. The second-order valence-electron chi connectivity index (χ2n) is 6.96. The Bertz CT molecular complexity index is 718. The summed E-state index contributed by atoms with van der Waals surface area (Å²) < 4.78 is 5.49. The third-order valence-electron chi connectivity index (χ3n) is 5.33. The van der Waals surface area contributed by atoms with Crippen LogP contribution >= 0.6 is 0 Å². The van der Waals surface area contributed by atoms with Crippen molar-refractivity contribution < 1.29 is 9.53 Å². The van der Waals surface area contributed by atoms with Crippen LogP contribution in [0.3, 0.4) is 0 Å². The minimum Gasteiger partial charge on any atom is -0.385 e. The van der Waals surface area contributed by atoms with Gasteiger partial charge in [0.1, 0.15) is 5.65 Å². The minimum absolute atomic E-state index is 0.429. The number of carbonyl (C=O) groups excluding carboxylic acids is 1. The summed E-state index contributed by atoms with van der Waals surface area (Å²) in [6.07, 6.45) is 6.66. The van der Waals surface area contributed by atoms with Gasteiger partial charge in [0.15, 0.2) is 0 Å². The molecule has 1 atom stereocenters. The molecule has 0 spiro atoms. The Hall–Kier alpha value is -2.12. The molecule has 0 bridgehead atoms. The van der Waals surface area contributed by atoms with Crippen LogP contribution in [0.4, 0.5) is 11.4 Å². The summed E-state index contributed by atoms with van der Waals surface area (Å²) in [5.74, 6) is 0.429. The van der Waals surface area contributed by atoms with E-state index >= 15 is 0 Å². The first kappa shape index (κ1) is 22.2. The molecule has 0 saturated carbocycles. The monoisotopic (exact) mass is 389 g/mol. The first-order chi connectivity index (χ1) is 13.7. The number of carbonyl (C=O) groups is 1. The van der Waals surface area contributed by atoms with Gasteiger partial charge in [-0.15, -0.1) is 0 Å². The van der Waals surface area contributed by atoms with Crippen molar-refractivity contribution in [1.29, 1.82) is 0 Å². The molecular formula is C21H35N5O2. The summed E-state index contributed by atoms with van der Waals surface area (Å²) in [6, 6.07) is 1.97. The number of hydrogen-bond donors (Lipinski definition) is 2. The summed E-state index contributed by atoms with van der Waals surface area (Å²) >= 11 is 0. The van der Waals surface area contributed by atoms with E-state index in [9.17, 15) is 4.79 Å². The SMILES string of the molecule is CCOCCN(CC)CCC(CC)CN(C=O)c1c(NC)cnc2[nH]ccc12. The molecule has 0 aromatic carbocycles. The molecule has 2 aromatic heterocycles. The number of likely N-dealkylation sites (N-methyl/N-ethyl adjacent to an activating group) is 1. The second-order valence-corrected chi connectivity index (χ2v) is 6.96. The number of ether oxygens (including phenoxy) is 1. The fourth-order valence-corrected chi connectivity index (χ4v) is 3.51.